The van der Waals surface area contributed by atoms with Crippen molar-refractivity contribution in [3.8, 4) is 28.8 Å². The van der Waals surface area contributed by atoms with Crippen molar-refractivity contribution < 1.29 is 14.3 Å². The molecule has 35 heavy (non-hydrogen) atoms. The van der Waals surface area contributed by atoms with Gasteiger partial charge in [-0.05, 0) is 60.2 Å². The Morgan fingerprint density at radius 2 is 1.74 bits per heavy atom. The largest absolute Gasteiger partial charge is 0.479 e. The van der Waals surface area contributed by atoms with Gasteiger partial charge >= 0.3 is 6.01 Å². The molecule has 2 N–H and O–H groups in total. The topological polar surface area (TPSA) is 88.0 Å². The number of alkyl halides is 1. The summed E-state index contributed by atoms with van der Waals surface area (Å²) in [6, 6.07) is 10.2. The van der Waals surface area contributed by atoms with Gasteiger partial charge in [0, 0.05) is 22.7 Å². The third kappa shape index (κ3) is 5.41. The summed E-state index contributed by atoms with van der Waals surface area (Å²) in [4.78, 5) is 25.4. The average Bonchev–Trinajstić information content (AvgIpc) is 3.33. The normalized spacial score (nSPS) is 14.9. The van der Waals surface area contributed by atoms with Crippen LogP contribution in [0, 0.1) is 5.41 Å². The zero-order chi connectivity index (χ0) is 25.2. The fraction of sp³-hybridized carbons (Fsp3) is 0.385. The van der Waals surface area contributed by atoms with E-state index in [-0.39, 0.29) is 30.0 Å². The number of benzene rings is 2. The maximum Gasteiger partial charge on any atom is 0.318 e. The second kappa shape index (κ2) is 10.5. The quantitative estimate of drug-likeness (QED) is 0.374. The number of carbonyl (C=O) groups is 1. The van der Waals surface area contributed by atoms with Crippen molar-refractivity contribution in [3.05, 3.63) is 57.6 Å². The smallest absolute Gasteiger partial charge is 0.318 e. The molecule has 0 unspecified atom stereocenters. The molecule has 1 heterocycles. The predicted molar refractivity (Wildman–Crippen MR) is 135 cm³/mol. The fourth-order valence-electron chi connectivity index (χ4n) is 4.44. The van der Waals surface area contributed by atoms with E-state index in [4.69, 9.17) is 23.2 Å². The van der Waals surface area contributed by atoms with Gasteiger partial charge in [0.1, 0.15) is 6.67 Å². The van der Waals surface area contributed by atoms with Gasteiger partial charge in [-0.3, -0.25) is 4.79 Å². The number of aromatic hydroxyl groups is 1. The standard InChI is InChI=1S/C26H27Cl2FN4O2/c1-15(2)18-12-17(6-8-20(18)27)22-31-23(33-25(35)32-22)19-11-16(5-7-21(19)28)13-30-24(34)26(14-29)9-3-4-10-26/h5-8,11-12,15H,3-4,9-10,13-14H2,1-2H3,(H,30,34)(H,31,32,33,35). The lowest BCUT2D eigenvalue weighted by Gasteiger charge is -2.24. The molecule has 0 bridgehead atoms. The van der Waals surface area contributed by atoms with E-state index in [0.29, 0.717) is 34.0 Å². The van der Waals surface area contributed by atoms with Crippen LogP contribution in [0.15, 0.2) is 36.4 Å². The minimum Gasteiger partial charge on any atom is -0.479 e. The molecule has 0 atom stereocenters. The van der Waals surface area contributed by atoms with E-state index in [1.165, 1.54) is 0 Å². The summed E-state index contributed by atoms with van der Waals surface area (Å²) in [7, 11) is 0. The molecular formula is C26H27Cl2FN4O2. The summed E-state index contributed by atoms with van der Waals surface area (Å²) in [6.07, 6.45) is 2.86. The lowest BCUT2D eigenvalue weighted by atomic mass is 9.86. The molecule has 6 nitrogen and oxygen atoms in total. The van der Waals surface area contributed by atoms with Crippen molar-refractivity contribution in [1.29, 1.82) is 0 Å². The average molecular weight is 517 g/mol. The molecule has 0 aliphatic heterocycles. The molecule has 1 saturated carbocycles. The zero-order valence-corrected chi connectivity index (χ0v) is 21.1. The molecule has 0 spiro atoms. The van der Waals surface area contributed by atoms with E-state index in [9.17, 15) is 14.3 Å². The molecule has 1 aliphatic carbocycles. The highest BCUT2D eigenvalue weighted by atomic mass is 35.5. The first kappa shape index (κ1) is 25.3. The molecule has 1 fully saturated rings. The number of halogens is 3. The molecule has 1 aliphatic rings. The summed E-state index contributed by atoms with van der Waals surface area (Å²) < 4.78 is 13.6. The van der Waals surface area contributed by atoms with Crippen molar-refractivity contribution in [3.63, 3.8) is 0 Å². The van der Waals surface area contributed by atoms with Gasteiger partial charge in [0.25, 0.3) is 0 Å². The number of rotatable bonds is 7. The van der Waals surface area contributed by atoms with E-state index in [0.717, 1.165) is 24.0 Å². The van der Waals surface area contributed by atoms with Gasteiger partial charge in [0.15, 0.2) is 11.6 Å². The first-order valence-electron chi connectivity index (χ1n) is 11.6. The number of hydrogen-bond acceptors (Lipinski definition) is 5. The molecule has 0 saturated heterocycles. The lowest BCUT2D eigenvalue weighted by Crippen LogP contribution is -2.40. The van der Waals surface area contributed by atoms with E-state index in [1.54, 1.807) is 30.3 Å². The van der Waals surface area contributed by atoms with Crippen molar-refractivity contribution >= 4 is 29.1 Å². The Labute approximate surface area is 213 Å². The molecule has 0 radical (unpaired) electrons. The van der Waals surface area contributed by atoms with Crippen LogP contribution in [0.3, 0.4) is 0 Å². The van der Waals surface area contributed by atoms with Crippen LogP contribution in [0.2, 0.25) is 10.0 Å². The fourth-order valence-corrected chi connectivity index (χ4v) is 4.97. The minimum absolute atomic E-state index is 0.194. The molecule has 1 aromatic heterocycles. The van der Waals surface area contributed by atoms with Crippen LogP contribution in [-0.2, 0) is 11.3 Å². The third-order valence-electron chi connectivity index (χ3n) is 6.52. The Bertz CT molecular complexity index is 1250. The molecule has 1 amide bonds. The highest BCUT2D eigenvalue weighted by Gasteiger charge is 2.41. The van der Waals surface area contributed by atoms with Gasteiger partial charge in [0.2, 0.25) is 5.91 Å². The highest BCUT2D eigenvalue weighted by molar-refractivity contribution is 6.33. The van der Waals surface area contributed by atoms with Crippen LogP contribution >= 0.6 is 23.2 Å². The van der Waals surface area contributed by atoms with E-state index in [1.807, 2.05) is 19.9 Å². The Morgan fingerprint density at radius 3 is 2.43 bits per heavy atom. The van der Waals surface area contributed by atoms with Crippen LogP contribution in [0.4, 0.5) is 4.39 Å². The summed E-state index contributed by atoms with van der Waals surface area (Å²) in [5.74, 6) is 0.409. The molecule has 184 valence electrons. The van der Waals surface area contributed by atoms with Crippen LogP contribution in [0.1, 0.15) is 56.6 Å². The first-order chi connectivity index (χ1) is 16.7. The number of hydrogen-bond donors (Lipinski definition) is 2. The van der Waals surface area contributed by atoms with E-state index >= 15 is 0 Å². The monoisotopic (exact) mass is 516 g/mol. The van der Waals surface area contributed by atoms with Gasteiger partial charge in [0.05, 0.1) is 10.4 Å². The Morgan fingerprint density at radius 1 is 1.06 bits per heavy atom. The van der Waals surface area contributed by atoms with Gasteiger partial charge in [-0.2, -0.15) is 9.97 Å². The van der Waals surface area contributed by atoms with Crippen molar-refractivity contribution in [2.45, 2.75) is 52.0 Å². The van der Waals surface area contributed by atoms with Crippen molar-refractivity contribution in [1.82, 2.24) is 20.3 Å². The number of aromatic nitrogens is 3. The van der Waals surface area contributed by atoms with Crippen LogP contribution < -0.4 is 5.32 Å². The second-order valence-corrected chi connectivity index (χ2v) is 10.1. The maximum atomic E-state index is 13.6. The first-order valence-corrected chi connectivity index (χ1v) is 12.4. The summed E-state index contributed by atoms with van der Waals surface area (Å²) in [5, 5.41) is 14.1. The number of amides is 1. The Balaban J connectivity index is 1.62. The lowest BCUT2D eigenvalue weighted by molar-refractivity contribution is -0.131. The van der Waals surface area contributed by atoms with Gasteiger partial charge in [-0.15, -0.1) is 0 Å². The highest BCUT2D eigenvalue weighted by Crippen LogP contribution is 2.39. The van der Waals surface area contributed by atoms with Crippen molar-refractivity contribution in [2.75, 3.05) is 6.67 Å². The third-order valence-corrected chi connectivity index (χ3v) is 7.20. The Kier molecular flexibility index (Phi) is 7.57. The number of nitrogens with zero attached hydrogens (tertiary/aromatic N) is 3. The molecule has 2 aromatic carbocycles. The second-order valence-electron chi connectivity index (χ2n) is 9.29. The molecule has 9 heteroatoms. The Hall–Kier alpha value is -2.77. The molecular weight excluding hydrogens is 490 g/mol. The predicted octanol–water partition coefficient (Wildman–Crippen LogP) is 6.49. The van der Waals surface area contributed by atoms with Gasteiger partial charge in [-0.1, -0.05) is 56.0 Å². The minimum atomic E-state index is -0.919. The summed E-state index contributed by atoms with van der Waals surface area (Å²) in [5.41, 5.74) is 1.94. The molecule has 4 rings (SSSR count). The summed E-state index contributed by atoms with van der Waals surface area (Å²) in [6.45, 7) is 3.63. The van der Waals surface area contributed by atoms with Crippen LogP contribution in [-0.4, -0.2) is 32.6 Å². The van der Waals surface area contributed by atoms with E-state index in [2.05, 4.69) is 20.3 Å². The SMILES string of the molecule is CC(C)c1cc(-c2nc(O)nc(-c3cc(CNC(=O)C4(CF)CCCC4)ccc3Cl)n2)ccc1Cl. The zero-order valence-electron chi connectivity index (χ0n) is 19.6. The summed E-state index contributed by atoms with van der Waals surface area (Å²) >= 11 is 12.8. The number of nitrogens with one attached hydrogen (secondary N) is 1. The van der Waals surface area contributed by atoms with Crippen LogP contribution in [0.5, 0.6) is 6.01 Å². The molecule has 3 aromatic rings. The number of carbonyl (C=O) groups excluding carboxylic acids is 1. The van der Waals surface area contributed by atoms with E-state index < -0.39 is 18.1 Å². The van der Waals surface area contributed by atoms with Crippen molar-refractivity contribution in [2.24, 2.45) is 5.41 Å². The van der Waals surface area contributed by atoms with Crippen LogP contribution in [0.25, 0.3) is 22.8 Å². The van der Waals surface area contributed by atoms with Gasteiger partial charge < -0.3 is 10.4 Å². The maximum absolute atomic E-state index is 13.6. The van der Waals surface area contributed by atoms with Gasteiger partial charge in [-0.25, -0.2) is 9.37 Å².